The third-order valence-electron chi connectivity index (χ3n) is 2.93. The highest BCUT2D eigenvalue weighted by molar-refractivity contribution is 7.99. The van der Waals surface area contributed by atoms with Gasteiger partial charge in [0.25, 0.3) is 5.91 Å². The van der Waals surface area contributed by atoms with Crippen LogP contribution in [0, 0.1) is 0 Å². The number of halogens is 2. The molecule has 0 unspecified atom stereocenters. The molecule has 0 saturated heterocycles. The minimum absolute atomic E-state index is 0.174. The fraction of sp³-hybridized carbons (Fsp3) is 0.176. The summed E-state index contributed by atoms with van der Waals surface area (Å²) in [6, 6.07) is 13.8. The van der Waals surface area contributed by atoms with Gasteiger partial charge in [-0.15, -0.1) is 11.8 Å². The zero-order valence-corrected chi connectivity index (χ0v) is 15.0. The van der Waals surface area contributed by atoms with Gasteiger partial charge in [-0.05, 0) is 48.5 Å². The normalized spacial score (nSPS) is 10.2. The molecule has 0 saturated carbocycles. The molecule has 2 aromatic carbocycles. The van der Waals surface area contributed by atoms with E-state index in [1.54, 1.807) is 36.0 Å². The van der Waals surface area contributed by atoms with Crippen molar-refractivity contribution in [3.8, 4) is 0 Å². The van der Waals surface area contributed by atoms with Gasteiger partial charge in [0.15, 0.2) is 0 Å². The van der Waals surface area contributed by atoms with Crippen molar-refractivity contribution < 1.29 is 14.3 Å². The van der Waals surface area contributed by atoms with Crippen LogP contribution in [0.25, 0.3) is 0 Å². The quantitative estimate of drug-likeness (QED) is 0.444. The number of carbonyl (C=O) groups excluding carboxylic acids is 2. The van der Waals surface area contributed by atoms with Crippen molar-refractivity contribution >= 4 is 46.8 Å². The Balaban J connectivity index is 1.63. The first-order chi connectivity index (χ1) is 11.5. The molecule has 0 atom stereocenters. The molecule has 0 radical (unpaired) electrons. The lowest BCUT2D eigenvalue weighted by Crippen LogP contribution is -2.30. The molecule has 1 amide bonds. The van der Waals surface area contributed by atoms with Gasteiger partial charge in [0.1, 0.15) is 13.2 Å². The minimum Gasteiger partial charge on any atom is -0.463 e. The van der Waals surface area contributed by atoms with E-state index in [9.17, 15) is 9.59 Å². The standard InChI is InChI=1S/C17H15Cl2NO3S/c18-13-3-1-12(2-4-13)17(22)20-11-16(21)23-9-10-24-15-7-5-14(19)6-8-15/h1-8H,9-11H2,(H,20,22). The van der Waals surface area contributed by atoms with Gasteiger partial charge in [0.05, 0.1) is 0 Å². The first kappa shape index (κ1) is 18.6. The van der Waals surface area contributed by atoms with Crippen LogP contribution >= 0.6 is 35.0 Å². The number of hydrogen-bond donors (Lipinski definition) is 1. The topological polar surface area (TPSA) is 55.4 Å². The highest BCUT2D eigenvalue weighted by atomic mass is 35.5. The Morgan fingerprint density at radius 3 is 2.17 bits per heavy atom. The van der Waals surface area contributed by atoms with Gasteiger partial charge in [-0.3, -0.25) is 9.59 Å². The van der Waals surface area contributed by atoms with Gasteiger partial charge < -0.3 is 10.1 Å². The second kappa shape index (κ2) is 9.57. The fourth-order valence-corrected chi connectivity index (χ4v) is 2.74. The molecule has 0 bridgehead atoms. The van der Waals surface area contributed by atoms with Crippen molar-refractivity contribution in [2.45, 2.75) is 4.90 Å². The Hall–Kier alpha value is -1.69. The summed E-state index contributed by atoms with van der Waals surface area (Å²) in [5, 5.41) is 3.73. The van der Waals surface area contributed by atoms with Crippen LogP contribution in [0.3, 0.4) is 0 Å². The summed E-state index contributed by atoms with van der Waals surface area (Å²) in [4.78, 5) is 24.5. The number of thioether (sulfide) groups is 1. The molecule has 7 heteroatoms. The molecule has 2 aromatic rings. The van der Waals surface area contributed by atoms with E-state index in [0.29, 0.717) is 21.4 Å². The van der Waals surface area contributed by atoms with E-state index >= 15 is 0 Å². The molecule has 2 rings (SSSR count). The molecule has 126 valence electrons. The third-order valence-corrected chi connectivity index (χ3v) is 4.41. The molecule has 0 aromatic heterocycles. The average molecular weight is 384 g/mol. The number of nitrogens with one attached hydrogen (secondary N) is 1. The van der Waals surface area contributed by atoms with Crippen LogP contribution in [-0.2, 0) is 9.53 Å². The van der Waals surface area contributed by atoms with Gasteiger partial charge in [-0.2, -0.15) is 0 Å². The second-order valence-electron chi connectivity index (χ2n) is 4.71. The van der Waals surface area contributed by atoms with Crippen molar-refractivity contribution in [1.82, 2.24) is 5.32 Å². The fourth-order valence-electron chi connectivity index (χ4n) is 1.75. The van der Waals surface area contributed by atoms with Crippen molar-refractivity contribution in [3.63, 3.8) is 0 Å². The lowest BCUT2D eigenvalue weighted by molar-refractivity contribution is -0.141. The lowest BCUT2D eigenvalue weighted by atomic mass is 10.2. The predicted octanol–water partition coefficient (Wildman–Crippen LogP) is 4.06. The zero-order valence-electron chi connectivity index (χ0n) is 12.6. The monoisotopic (exact) mass is 383 g/mol. The van der Waals surface area contributed by atoms with E-state index < -0.39 is 5.97 Å². The highest BCUT2D eigenvalue weighted by Gasteiger charge is 2.08. The third kappa shape index (κ3) is 6.43. The summed E-state index contributed by atoms with van der Waals surface area (Å²) >= 11 is 13.1. The number of carbonyl (C=O) groups is 2. The SMILES string of the molecule is O=C(CNC(=O)c1ccc(Cl)cc1)OCCSc1ccc(Cl)cc1. The molecular weight excluding hydrogens is 369 g/mol. The van der Waals surface area contributed by atoms with Crippen LogP contribution in [0.2, 0.25) is 10.0 Å². The Kier molecular flexibility index (Phi) is 7.43. The first-order valence-electron chi connectivity index (χ1n) is 7.12. The Bertz CT molecular complexity index is 690. The summed E-state index contributed by atoms with van der Waals surface area (Å²) < 4.78 is 5.07. The van der Waals surface area contributed by atoms with Gasteiger partial charge in [0, 0.05) is 26.3 Å². The van der Waals surface area contributed by atoms with Gasteiger partial charge in [-0.1, -0.05) is 23.2 Å². The number of benzene rings is 2. The number of esters is 1. The van der Waals surface area contributed by atoms with E-state index in [1.807, 2.05) is 24.3 Å². The number of hydrogen-bond acceptors (Lipinski definition) is 4. The largest absolute Gasteiger partial charge is 0.463 e. The molecule has 0 spiro atoms. The molecule has 0 heterocycles. The van der Waals surface area contributed by atoms with Crippen molar-refractivity contribution in [2.24, 2.45) is 0 Å². The second-order valence-corrected chi connectivity index (χ2v) is 6.75. The first-order valence-corrected chi connectivity index (χ1v) is 8.86. The summed E-state index contributed by atoms with van der Waals surface area (Å²) in [7, 11) is 0. The number of amides is 1. The summed E-state index contributed by atoms with van der Waals surface area (Å²) in [6.45, 7) is 0.0933. The minimum atomic E-state index is -0.478. The molecule has 1 N–H and O–H groups in total. The van der Waals surface area contributed by atoms with Gasteiger partial charge in [-0.25, -0.2) is 0 Å². The molecule has 24 heavy (non-hydrogen) atoms. The van der Waals surface area contributed by atoms with Crippen LogP contribution in [0.5, 0.6) is 0 Å². The Morgan fingerprint density at radius 2 is 1.54 bits per heavy atom. The van der Waals surface area contributed by atoms with Crippen LogP contribution < -0.4 is 5.32 Å². The van der Waals surface area contributed by atoms with Crippen molar-refractivity contribution in [2.75, 3.05) is 18.9 Å². The van der Waals surface area contributed by atoms with E-state index in [4.69, 9.17) is 27.9 Å². The lowest BCUT2D eigenvalue weighted by Gasteiger charge is -2.07. The molecule has 0 aliphatic carbocycles. The number of ether oxygens (including phenoxy) is 1. The molecule has 0 aliphatic heterocycles. The maximum Gasteiger partial charge on any atom is 0.325 e. The van der Waals surface area contributed by atoms with Crippen LogP contribution in [0.1, 0.15) is 10.4 Å². The average Bonchev–Trinajstić information content (AvgIpc) is 2.59. The van der Waals surface area contributed by atoms with Gasteiger partial charge >= 0.3 is 5.97 Å². The highest BCUT2D eigenvalue weighted by Crippen LogP contribution is 2.19. The zero-order chi connectivity index (χ0) is 17.4. The number of rotatable bonds is 7. The van der Waals surface area contributed by atoms with E-state index in [2.05, 4.69) is 5.32 Å². The molecule has 4 nitrogen and oxygen atoms in total. The Labute approximate surface area is 154 Å². The maximum absolute atomic E-state index is 11.8. The van der Waals surface area contributed by atoms with Crippen LogP contribution in [-0.4, -0.2) is 30.8 Å². The smallest absolute Gasteiger partial charge is 0.325 e. The van der Waals surface area contributed by atoms with E-state index in [1.165, 1.54) is 0 Å². The van der Waals surface area contributed by atoms with Gasteiger partial charge in [0.2, 0.25) is 0 Å². The Morgan fingerprint density at radius 1 is 0.958 bits per heavy atom. The van der Waals surface area contributed by atoms with Crippen LogP contribution in [0.4, 0.5) is 0 Å². The summed E-state index contributed by atoms with van der Waals surface area (Å²) in [6.07, 6.45) is 0. The molecule has 0 fully saturated rings. The van der Waals surface area contributed by atoms with Crippen LogP contribution in [0.15, 0.2) is 53.4 Å². The van der Waals surface area contributed by atoms with E-state index in [-0.39, 0.29) is 19.1 Å². The summed E-state index contributed by atoms with van der Waals surface area (Å²) in [5.41, 5.74) is 0.436. The summed E-state index contributed by atoms with van der Waals surface area (Å²) in [5.74, 6) is -0.202. The molecule has 0 aliphatic rings. The van der Waals surface area contributed by atoms with Crippen molar-refractivity contribution in [3.05, 3.63) is 64.1 Å². The van der Waals surface area contributed by atoms with E-state index in [0.717, 1.165) is 4.90 Å². The predicted molar refractivity (Wildman–Crippen MR) is 96.9 cm³/mol. The van der Waals surface area contributed by atoms with Crippen molar-refractivity contribution in [1.29, 1.82) is 0 Å². The molecular formula is C17H15Cl2NO3S. The maximum atomic E-state index is 11.8.